The van der Waals surface area contributed by atoms with Gasteiger partial charge in [0.1, 0.15) is 17.5 Å². The third-order valence-electron chi connectivity index (χ3n) is 6.24. The molecular weight excluding hydrogens is 440 g/mol. The number of hydrogen-bond acceptors (Lipinski definition) is 5. The van der Waals surface area contributed by atoms with Crippen molar-refractivity contribution in [1.82, 2.24) is 9.97 Å². The lowest BCUT2D eigenvalue weighted by Crippen LogP contribution is -2.46. The fraction of sp³-hybridized carbons (Fsp3) is 0.269. The smallest absolute Gasteiger partial charge is 0.309 e. The molecule has 0 spiro atoms. The number of benzene rings is 2. The molecule has 0 radical (unpaired) electrons. The maximum absolute atomic E-state index is 11.2. The fourth-order valence-electron chi connectivity index (χ4n) is 4.31. The highest BCUT2D eigenvalue weighted by Gasteiger charge is 2.47. The van der Waals surface area contributed by atoms with Crippen molar-refractivity contribution in [2.75, 3.05) is 13.2 Å². The van der Waals surface area contributed by atoms with E-state index in [1.807, 2.05) is 42.5 Å². The van der Waals surface area contributed by atoms with Crippen LogP contribution in [0.15, 0.2) is 60.8 Å². The number of rotatable bonds is 7. The number of carboxylic acids is 1. The fourth-order valence-corrected chi connectivity index (χ4v) is 4.46. The largest absolute Gasteiger partial charge is 0.491 e. The lowest BCUT2D eigenvalue weighted by molar-refractivity contribution is -0.165. The monoisotopic (exact) mass is 462 g/mol. The van der Waals surface area contributed by atoms with Crippen LogP contribution in [0.25, 0.3) is 32.9 Å². The first-order chi connectivity index (χ1) is 15.9. The molecule has 0 bridgehead atoms. The summed E-state index contributed by atoms with van der Waals surface area (Å²) < 4.78 is 11.6. The molecule has 1 fully saturated rings. The summed E-state index contributed by atoms with van der Waals surface area (Å²) in [6.45, 7) is 2.60. The van der Waals surface area contributed by atoms with Crippen molar-refractivity contribution in [2.45, 2.75) is 25.9 Å². The predicted molar refractivity (Wildman–Crippen MR) is 128 cm³/mol. The van der Waals surface area contributed by atoms with E-state index in [2.05, 4.69) is 16.0 Å². The summed E-state index contributed by atoms with van der Waals surface area (Å²) in [5.41, 5.74) is 1.90. The van der Waals surface area contributed by atoms with E-state index in [1.54, 1.807) is 19.2 Å². The van der Waals surface area contributed by atoms with Crippen LogP contribution in [0.3, 0.4) is 0 Å². The Bertz CT molecular complexity index is 1350. The maximum Gasteiger partial charge on any atom is 0.309 e. The Morgan fingerprint density at radius 2 is 1.82 bits per heavy atom. The number of aliphatic carboxylic acids is 1. The topological polar surface area (TPSA) is 81.5 Å². The molecule has 4 aromatic rings. The van der Waals surface area contributed by atoms with Crippen LogP contribution in [-0.4, -0.2) is 40.4 Å². The Morgan fingerprint density at radius 1 is 1.06 bits per heavy atom. The SMILES string of the molecule is C[C@]1(C(=O)O)C[C@@H](OCCOc2ccc3cc(-c4nccc5ccc(Cl)nc45)ccc3c2)C1. The van der Waals surface area contributed by atoms with Gasteiger partial charge >= 0.3 is 5.97 Å². The summed E-state index contributed by atoms with van der Waals surface area (Å²) in [5, 5.41) is 12.7. The molecule has 168 valence electrons. The number of hydrogen-bond donors (Lipinski definition) is 1. The molecule has 0 aliphatic heterocycles. The van der Waals surface area contributed by atoms with Gasteiger partial charge in [0.2, 0.25) is 0 Å². The van der Waals surface area contributed by atoms with E-state index < -0.39 is 11.4 Å². The molecule has 2 aromatic carbocycles. The van der Waals surface area contributed by atoms with Gasteiger partial charge in [-0.25, -0.2) is 4.98 Å². The average Bonchev–Trinajstić information content (AvgIpc) is 2.79. The van der Waals surface area contributed by atoms with E-state index in [9.17, 15) is 4.79 Å². The molecule has 33 heavy (non-hydrogen) atoms. The number of halogens is 1. The van der Waals surface area contributed by atoms with Crippen molar-refractivity contribution in [3.63, 3.8) is 0 Å². The van der Waals surface area contributed by atoms with Crippen LogP contribution >= 0.6 is 11.6 Å². The molecule has 1 aliphatic carbocycles. The van der Waals surface area contributed by atoms with Gasteiger partial charge in [0.25, 0.3) is 0 Å². The second-order valence-electron chi connectivity index (χ2n) is 8.70. The van der Waals surface area contributed by atoms with Gasteiger partial charge in [-0.2, -0.15) is 0 Å². The molecule has 0 amide bonds. The zero-order valence-electron chi connectivity index (χ0n) is 18.1. The Labute approximate surface area is 196 Å². The standard InChI is InChI=1S/C26H23ClN2O4/c1-26(25(30)31)14-21(15-26)33-11-10-32-20-6-4-17-12-19(3-2-18(17)13-20)23-24-16(8-9-28-23)5-7-22(27)29-24/h2-9,12-13,21H,10-11,14-15H2,1H3,(H,30,31)/t21-,26+. The summed E-state index contributed by atoms with van der Waals surface area (Å²) in [7, 11) is 0. The number of nitrogens with zero attached hydrogens (tertiary/aromatic N) is 2. The molecule has 5 rings (SSSR count). The highest BCUT2D eigenvalue weighted by atomic mass is 35.5. The quantitative estimate of drug-likeness (QED) is 0.278. The first-order valence-electron chi connectivity index (χ1n) is 10.8. The van der Waals surface area contributed by atoms with E-state index in [0.717, 1.165) is 38.7 Å². The van der Waals surface area contributed by atoms with Gasteiger partial charge in [-0.05, 0) is 66.9 Å². The summed E-state index contributed by atoms with van der Waals surface area (Å²) in [4.78, 5) is 20.2. The minimum absolute atomic E-state index is 0.00299. The number of ether oxygens (including phenoxy) is 2. The van der Waals surface area contributed by atoms with E-state index in [1.165, 1.54) is 0 Å². The van der Waals surface area contributed by atoms with Crippen molar-refractivity contribution in [2.24, 2.45) is 5.41 Å². The lowest BCUT2D eigenvalue weighted by atomic mass is 9.68. The number of pyridine rings is 2. The molecule has 0 unspecified atom stereocenters. The Balaban J connectivity index is 1.25. The van der Waals surface area contributed by atoms with Crippen molar-refractivity contribution in [1.29, 1.82) is 0 Å². The number of carboxylic acid groups (broad SMARTS) is 1. The van der Waals surface area contributed by atoms with Crippen molar-refractivity contribution < 1.29 is 19.4 Å². The summed E-state index contributed by atoms with van der Waals surface area (Å²) in [6, 6.07) is 17.7. The molecule has 1 saturated carbocycles. The highest BCUT2D eigenvalue weighted by molar-refractivity contribution is 6.29. The molecule has 2 aromatic heterocycles. The van der Waals surface area contributed by atoms with E-state index in [0.29, 0.717) is 31.2 Å². The zero-order valence-corrected chi connectivity index (χ0v) is 18.9. The van der Waals surface area contributed by atoms with E-state index in [4.69, 9.17) is 26.2 Å². The van der Waals surface area contributed by atoms with Crippen LogP contribution in [0.2, 0.25) is 5.15 Å². The van der Waals surface area contributed by atoms with Crippen LogP contribution in [0, 0.1) is 5.41 Å². The Hall–Kier alpha value is -3.22. The number of aromatic nitrogens is 2. The van der Waals surface area contributed by atoms with Crippen molar-refractivity contribution in [3.05, 3.63) is 65.9 Å². The van der Waals surface area contributed by atoms with Gasteiger partial charge < -0.3 is 14.6 Å². The molecule has 7 heteroatoms. The molecule has 1 N–H and O–H groups in total. The zero-order chi connectivity index (χ0) is 23.0. The normalized spacial score (nSPS) is 20.0. The Morgan fingerprint density at radius 3 is 2.64 bits per heavy atom. The van der Waals surface area contributed by atoms with Gasteiger partial charge in [-0.15, -0.1) is 0 Å². The van der Waals surface area contributed by atoms with Crippen LogP contribution in [0.1, 0.15) is 19.8 Å². The minimum Gasteiger partial charge on any atom is -0.491 e. The molecule has 0 atom stereocenters. The first kappa shape index (κ1) is 21.6. The second-order valence-corrected chi connectivity index (χ2v) is 9.09. The van der Waals surface area contributed by atoms with E-state index in [-0.39, 0.29) is 6.10 Å². The van der Waals surface area contributed by atoms with E-state index >= 15 is 0 Å². The minimum atomic E-state index is -0.755. The molecule has 1 aliphatic rings. The summed E-state index contributed by atoms with van der Waals surface area (Å²) >= 11 is 6.11. The molecule has 0 saturated heterocycles. The second kappa shape index (κ2) is 8.61. The average molecular weight is 463 g/mol. The molecule has 6 nitrogen and oxygen atoms in total. The van der Waals surface area contributed by atoms with Crippen LogP contribution in [0.5, 0.6) is 5.75 Å². The Kier molecular flexibility index (Phi) is 5.64. The predicted octanol–water partition coefficient (Wildman–Crippen LogP) is 5.75. The lowest BCUT2D eigenvalue weighted by Gasteiger charge is -2.41. The van der Waals surface area contributed by atoms with Gasteiger partial charge in [-0.3, -0.25) is 9.78 Å². The summed E-state index contributed by atoms with van der Waals surface area (Å²) in [6.07, 6.45) is 2.88. The van der Waals surface area contributed by atoms with Crippen LogP contribution < -0.4 is 4.74 Å². The summed E-state index contributed by atoms with van der Waals surface area (Å²) in [5.74, 6) is 0.00813. The van der Waals surface area contributed by atoms with Crippen molar-refractivity contribution in [3.8, 4) is 17.0 Å². The third-order valence-corrected chi connectivity index (χ3v) is 6.45. The van der Waals surface area contributed by atoms with Crippen molar-refractivity contribution >= 4 is 39.2 Å². The third kappa shape index (κ3) is 4.36. The highest BCUT2D eigenvalue weighted by Crippen LogP contribution is 2.42. The van der Waals surface area contributed by atoms with Gasteiger partial charge in [0.15, 0.2) is 0 Å². The maximum atomic E-state index is 11.2. The van der Waals surface area contributed by atoms with Gasteiger partial charge in [0.05, 0.1) is 29.3 Å². The van der Waals surface area contributed by atoms with Gasteiger partial charge in [0, 0.05) is 17.1 Å². The molecular formula is C26H23ClN2O4. The molecule has 2 heterocycles. The number of carbonyl (C=O) groups is 1. The van der Waals surface area contributed by atoms with Gasteiger partial charge in [-0.1, -0.05) is 29.8 Å². The van der Waals surface area contributed by atoms with Crippen LogP contribution in [-0.2, 0) is 9.53 Å². The number of fused-ring (bicyclic) bond motifs is 2. The van der Waals surface area contributed by atoms with Crippen LogP contribution in [0.4, 0.5) is 0 Å². The first-order valence-corrected chi connectivity index (χ1v) is 11.2.